The van der Waals surface area contributed by atoms with Crippen LogP contribution in [0.1, 0.15) is 6.42 Å². The predicted octanol–water partition coefficient (Wildman–Crippen LogP) is 1.62. The van der Waals surface area contributed by atoms with Crippen molar-refractivity contribution in [1.82, 2.24) is 0 Å². The van der Waals surface area contributed by atoms with Gasteiger partial charge in [-0.05, 0) is 6.07 Å². The van der Waals surface area contributed by atoms with Crippen LogP contribution in [0.3, 0.4) is 0 Å². The van der Waals surface area contributed by atoms with Crippen LogP contribution < -0.4 is 5.32 Å². The van der Waals surface area contributed by atoms with Crippen molar-refractivity contribution in [2.45, 2.75) is 12.5 Å². The van der Waals surface area contributed by atoms with E-state index < -0.39 is 28.4 Å². The third-order valence-electron chi connectivity index (χ3n) is 2.11. The molecule has 0 fully saturated rings. The smallest absolute Gasteiger partial charge is 0.327 e. The third-order valence-corrected chi connectivity index (χ3v) is 2.11. The fourth-order valence-corrected chi connectivity index (χ4v) is 1.29. The Balaban J connectivity index is 3.08. The number of carboxylic acids is 1. The topological polar surface area (TPSA) is 92.5 Å². The van der Waals surface area contributed by atoms with E-state index >= 15 is 0 Å². The lowest BCUT2D eigenvalue weighted by atomic mass is 10.2. The zero-order valence-corrected chi connectivity index (χ0v) is 9.09. The molecule has 0 radical (unpaired) electrons. The Morgan fingerprint density at radius 1 is 1.67 bits per heavy atom. The number of terminal acetylenes is 1. The molecule has 0 aliphatic rings. The van der Waals surface area contributed by atoms with Gasteiger partial charge >= 0.3 is 5.97 Å². The van der Waals surface area contributed by atoms with Gasteiger partial charge in [0.2, 0.25) is 0 Å². The summed E-state index contributed by atoms with van der Waals surface area (Å²) in [6.07, 6.45) is 4.81. The second-order valence-electron chi connectivity index (χ2n) is 3.36. The maximum Gasteiger partial charge on any atom is 0.327 e. The van der Waals surface area contributed by atoms with Crippen LogP contribution >= 0.6 is 0 Å². The molecule has 0 bridgehead atoms. The number of nitro groups is 1. The van der Waals surface area contributed by atoms with Gasteiger partial charge in [-0.15, -0.1) is 12.3 Å². The second-order valence-corrected chi connectivity index (χ2v) is 3.36. The fraction of sp³-hybridized carbons (Fsp3) is 0.182. The van der Waals surface area contributed by atoms with E-state index in [1.807, 2.05) is 0 Å². The van der Waals surface area contributed by atoms with Crippen molar-refractivity contribution in [3.63, 3.8) is 0 Å². The first-order chi connectivity index (χ1) is 8.45. The van der Waals surface area contributed by atoms with E-state index in [0.29, 0.717) is 0 Å². The van der Waals surface area contributed by atoms with E-state index in [2.05, 4.69) is 11.2 Å². The van der Waals surface area contributed by atoms with Gasteiger partial charge in [0.1, 0.15) is 17.5 Å². The highest BCUT2D eigenvalue weighted by molar-refractivity contribution is 5.79. The minimum absolute atomic E-state index is 0.178. The molecule has 2 N–H and O–H groups in total. The van der Waals surface area contributed by atoms with Crippen LogP contribution in [0, 0.1) is 28.3 Å². The number of benzene rings is 1. The fourth-order valence-electron chi connectivity index (χ4n) is 1.29. The number of hydrogen-bond donors (Lipinski definition) is 2. The molecule has 0 amide bonds. The molecule has 1 rings (SSSR count). The molecule has 1 atom stereocenters. The molecule has 0 saturated heterocycles. The molecule has 0 heterocycles. The van der Waals surface area contributed by atoms with Crippen molar-refractivity contribution >= 4 is 17.3 Å². The highest BCUT2D eigenvalue weighted by Gasteiger charge is 2.21. The van der Waals surface area contributed by atoms with E-state index in [1.54, 1.807) is 0 Å². The third kappa shape index (κ3) is 3.18. The second kappa shape index (κ2) is 5.63. The van der Waals surface area contributed by atoms with Gasteiger partial charge in [-0.2, -0.15) is 0 Å². The molecule has 1 unspecified atom stereocenters. The molecular formula is C11H9FN2O4. The molecule has 18 heavy (non-hydrogen) atoms. The minimum atomic E-state index is -1.27. The monoisotopic (exact) mass is 252 g/mol. The van der Waals surface area contributed by atoms with Crippen LogP contribution in [-0.2, 0) is 4.79 Å². The van der Waals surface area contributed by atoms with Gasteiger partial charge in [0.05, 0.1) is 4.92 Å². The summed E-state index contributed by atoms with van der Waals surface area (Å²) in [5.74, 6) is 0.139. The van der Waals surface area contributed by atoms with Crippen LogP contribution in [0.4, 0.5) is 15.8 Å². The van der Waals surface area contributed by atoms with Gasteiger partial charge in [-0.3, -0.25) is 10.1 Å². The minimum Gasteiger partial charge on any atom is -0.480 e. The van der Waals surface area contributed by atoms with Gasteiger partial charge < -0.3 is 10.4 Å². The highest BCUT2D eigenvalue weighted by Crippen LogP contribution is 2.25. The summed E-state index contributed by atoms with van der Waals surface area (Å²) >= 11 is 0. The maximum atomic E-state index is 13.0. The zero-order chi connectivity index (χ0) is 13.7. The summed E-state index contributed by atoms with van der Waals surface area (Å²) in [5, 5.41) is 21.9. The number of nitrogens with zero attached hydrogens (tertiary/aromatic N) is 1. The number of hydrogen-bond acceptors (Lipinski definition) is 4. The summed E-state index contributed by atoms with van der Waals surface area (Å²) < 4.78 is 13.0. The zero-order valence-electron chi connectivity index (χ0n) is 9.09. The van der Waals surface area contributed by atoms with Crippen LogP contribution in [-0.4, -0.2) is 22.0 Å². The molecule has 1 aromatic rings. The number of anilines is 1. The Morgan fingerprint density at radius 3 is 2.83 bits per heavy atom. The highest BCUT2D eigenvalue weighted by atomic mass is 19.1. The molecule has 0 aliphatic heterocycles. The van der Waals surface area contributed by atoms with Gasteiger partial charge in [-0.1, -0.05) is 0 Å². The molecule has 1 aromatic carbocycles. The van der Waals surface area contributed by atoms with Crippen molar-refractivity contribution in [3.8, 4) is 12.3 Å². The lowest BCUT2D eigenvalue weighted by Gasteiger charge is -2.13. The van der Waals surface area contributed by atoms with E-state index in [-0.39, 0.29) is 12.1 Å². The summed E-state index contributed by atoms with van der Waals surface area (Å²) in [4.78, 5) is 20.8. The molecule has 7 heteroatoms. The number of nitrogens with one attached hydrogen (secondary N) is 1. The molecule has 6 nitrogen and oxygen atoms in total. The molecule has 94 valence electrons. The summed E-state index contributed by atoms with van der Waals surface area (Å²) in [6, 6.07) is 1.51. The van der Waals surface area contributed by atoms with Crippen molar-refractivity contribution < 1.29 is 19.2 Å². The number of carbonyl (C=O) groups is 1. The number of nitro benzene ring substituents is 1. The van der Waals surface area contributed by atoms with Gasteiger partial charge in [-0.25, -0.2) is 9.18 Å². The molecule has 0 spiro atoms. The van der Waals surface area contributed by atoms with Crippen molar-refractivity contribution in [1.29, 1.82) is 0 Å². The average Bonchev–Trinajstić information content (AvgIpc) is 2.28. The Morgan fingerprint density at radius 2 is 2.33 bits per heavy atom. The van der Waals surface area contributed by atoms with Crippen LogP contribution in [0.2, 0.25) is 0 Å². The lowest BCUT2D eigenvalue weighted by molar-refractivity contribution is -0.384. The maximum absolute atomic E-state index is 13.0. The molecular weight excluding hydrogens is 243 g/mol. The van der Waals surface area contributed by atoms with Crippen LogP contribution in [0.5, 0.6) is 0 Å². The Kier molecular flexibility index (Phi) is 4.21. The molecule has 0 saturated carbocycles. The molecule has 0 aromatic heterocycles. The lowest BCUT2D eigenvalue weighted by Crippen LogP contribution is -2.29. The number of aliphatic carboxylic acids is 1. The van der Waals surface area contributed by atoms with E-state index in [4.69, 9.17) is 11.5 Å². The number of carboxylic acid groups (broad SMARTS) is 1. The van der Waals surface area contributed by atoms with E-state index in [0.717, 1.165) is 18.2 Å². The summed E-state index contributed by atoms with van der Waals surface area (Å²) in [7, 11) is 0. The Hall–Kier alpha value is -2.62. The Labute approximate surface area is 102 Å². The quantitative estimate of drug-likeness (QED) is 0.472. The number of rotatable bonds is 5. The summed E-state index contributed by atoms with van der Waals surface area (Å²) in [5.41, 5.74) is -0.637. The SMILES string of the molecule is C#CCC(Nc1cc(F)ccc1[N+](=O)[O-])C(=O)O. The van der Waals surface area contributed by atoms with Crippen molar-refractivity contribution in [2.24, 2.45) is 0 Å². The van der Waals surface area contributed by atoms with Crippen molar-refractivity contribution in [2.75, 3.05) is 5.32 Å². The number of halogens is 1. The van der Waals surface area contributed by atoms with Crippen LogP contribution in [0.25, 0.3) is 0 Å². The van der Waals surface area contributed by atoms with Gasteiger partial charge in [0.25, 0.3) is 5.69 Å². The standard InChI is InChI=1S/C11H9FN2O4/c1-2-3-8(11(15)16)13-9-6-7(12)4-5-10(9)14(17)18/h1,4-6,8,13H,3H2,(H,15,16). The predicted molar refractivity (Wildman–Crippen MR) is 61.6 cm³/mol. The van der Waals surface area contributed by atoms with Crippen LogP contribution in [0.15, 0.2) is 18.2 Å². The van der Waals surface area contributed by atoms with E-state index in [1.165, 1.54) is 0 Å². The summed E-state index contributed by atoms with van der Waals surface area (Å²) in [6.45, 7) is 0. The Bertz CT molecular complexity index is 524. The first kappa shape index (κ1) is 13.4. The van der Waals surface area contributed by atoms with Gasteiger partial charge in [0.15, 0.2) is 0 Å². The normalized spacial score (nSPS) is 11.3. The van der Waals surface area contributed by atoms with Crippen molar-refractivity contribution in [3.05, 3.63) is 34.1 Å². The molecule has 0 aliphatic carbocycles. The average molecular weight is 252 g/mol. The first-order valence-corrected chi connectivity index (χ1v) is 4.82. The van der Waals surface area contributed by atoms with E-state index in [9.17, 15) is 19.3 Å². The van der Waals surface area contributed by atoms with Gasteiger partial charge in [0, 0.05) is 18.6 Å². The largest absolute Gasteiger partial charge is 0.480 e. The first-order valence-electron chi connectivity index (χ1n) is 4.82.